The van der Waals surface area contributed by atoms with Gasteiger partial charge in [0.25, 0.3) is 0 Å². The lowest BCUT2D eigenvalue weighted by atomic mass is 10.0. The molecule has 0 unspecified atom stereocenters. The molecule has 1 aliphatic rings. The minimum atomic E-state index is 0.653. The molecule has 1 aromatic heterocycles. The molecular weight excluding hydrogens is 168 g/mol. The summed E-state index contributed by atoms with van der Waals surface area (Å²) < 4.78 is 0. The van der Waals surface area contributed by atoms with E-state index in [9.17, 15) is 0 Å². The number of hydrogen-bond donors (Lipinski definition) is 1. The van der Waals surface area contributed by atoms with Crippen LogP contribution in [-0.4, -0.2) is 4.98 Å². The number of nitrogens with two attached hydrogens (primary N) is 1. The topological polar surface area (TPSA) is 38.9 Å². The van der Waals surface area contributed by atoms with E-state index < -0.39 is 0 Å². The summed E-state index contributed by atoms with van der Waals surface area (Å²) in [7, 11) is 0. The normalized spacial score (nSPS) is 16.2. The summed E-state index contributed by atoms with van der Waals surface area (Å²) in [5.41, 5.74) is 7.89. The lowest BCUT2D eigenvalue weighted by molar-refractivity contribution is 1.04. The van der Waals surface area contributed by atoms with Crippen molar-refractivity contribution in [3.8, 4) is 0 Å². The molecule has 0 amide bonds. The summed E-state index contributed by atoms with van der Waals surface area (Å²) in [6.07, 6.45) is 8.55. The van der Waals surface area contributed by atoms with Gasteiger partial charge in [-0.2, -0.15) is 0 Å². The van der Waals surface area contributed by atoms with E-state index in [1.54, 1.807) is 0 Å². The quantitative estimate of drug-likeness (QED) is 0.717. The molecule has 0 saturated carbocycles. The van der Waals surface area contributed by atoms with Gasteiger partial charge in [-0.05, 0) is 18.4 Å². The zero-order valence-electron chi connectivity index (χ0n) is 6.66. The van der Waals surface area contributed by atoms with E-state index in [4.69, 9.17) is 5.73 Å². The van der Waals surface area contributed by atoms with Crippen LogP contribution in [0.4, 0.5) is 5.13 Å². The number of aromatic nitrogens is 1. The molecule has 2 nitrogen and oxygen atoms in total. The second kappa shape index (κ2) is 3.11. The maximum atomic E-state index is 5.55. The van der Waals surface area contributed by atoms with Crippen molar-refractivity contribution in [3.05, 3.63) is 29.3 Å². The Morgan fingerprint density at radius 3 is 3.00 bits per heavy atom. The number of nitrogens with zero attached hydrogens (tertiary/aromatic N) is 1. The molecule has 2 N–H and O–H groups in total. The average Bonchev–Trinajstić information content (AvgIpc) is 2.54. The van der Waals surface area contributed by atoms with E-state index in [2.05, 4.69) is 23.2 Å². The van der Waals surface area contributed by atoms with Gasteiger partial charge < -0.3 is 5.73 Å². The van der Waals surface area contributed by atoms with Crippen molar-refractivity contribution in [1.82, 2.24) is 4.98 Å². The Bertz CT molecular complexity index is 336. The number of thiazole rings is 1. The van der Waals surface area contributed by atoms with Crippen LogP contribution in [0.3, 0.4) is 0 Å². The van der Waals surface area contributed by atoms with Gasteiger partial charge in [-0.25, -0.2) is 4.98 Å². The minimum Gasteiger partial charge on any atom is -0.375 e. The van der Waals surface area contributed by atoms with Crippen molar-refractivity contribution in [2.24, 2.45) is 0 Å². The van der Waals surface area contributed by atoms with Gasteiger partial charge in [0, 0.05) is 5.38 Å². The van der Waals surface area contributed by atoms with Crippen molar-refractivity contribution < 1.29 is 0 Å². The fourth-order valence-corrected chi connectivity index (χ4v) is 1.84. The summed E-state index contributed by atoms with van der Waals surface area (Å²) >= 11 is 1.50. The molecule has 12 heavy (non-hydrogen) atoms. The Balaban J connectivity index is 2.30. The van der Waals surface area contributed by atoms with Gasteiger partial charge in [0.15, 0.2) is 5.13 Å². The maximum absolute atomic E-state index is 5.55. The first-order valence-electron chi connectivity index (χ1n) is 3.93. The molecule has 1 aliphatic carbocycles. The molecular formula is C9H10N2S. The van der Waals surface area contributed by atoms with Crippen LogP contribution < -0.4 is 5.73 Å². The number of rotatable bonds is 1. The summed E-state index contributed by atoms with van der Waals surface area (Å²) in [5.74, 6) is 0. The van der Waals surface area contributed by atoms with E-state index in [-0.39, 0.29) is 0 Å². The lowest BCUT2D eigenvalue weighted by Gasteiger charge is -2.04. The van der Waals surface area contributed by atoms with E-state index in [0.717, 1.165) is 18.5 Å². The Labute approximate surface area is 75.4 Å². The summed E-state index contributed by atoms with van der Waals surface area (Å²) in [6.45, 7) is 0. The maximum Gasteiger partial charge on any atom is 0.180 e. The standard InChI is InChI=1S/C9H10N2S/c10-9-11-8(6-12-9)7-4-2-1-3-5-7/h1-2,4,6H,3,5H2,(H2,10,11). The average molecular weight is 178 g/mol. The largest absolute Gasteiger partial charge is 0.375 e. The predicted molar refractivity (Wildman–Crippen MR) is 52.9 cm³/mol. The lowest BCUT2D eigenvalue weighted by Crippen LogP contribution is -1.89. The van der Waals surface area contributed by atoms with Crippen LogP contribution in [-0.2, 0) is 0 Å². The zero-order chi connectivity index (χ0) is 8.39. The summed E-state index contributed by atoms with van der Waals surface area (Å²) in [5, 5.41) is 2.67. The third-order valence-electron chi connectivity index (χ3n) is 1.86. The molecule has 0 fully saturated rings. The minimum absolute atomic E-state index is 0.653. The van der Waals surface area contributed by atoms with Gasteiger partial charge >= 0.3 is 0 Å². The number of allylic oxidation sites excluding steroid dienone is 4. The van der Waals surface area contributed by atoms with Gasteiger partial charge in [-0.3, -0.25) is 0 Å². The fraction of sp³-hybridized carbons (Fsp3) is 0.222. The number of anilines is 1. The Morgan fingerprint density at radius 2 is 2.42 bits per heavy atom. The van der Waals surface area contributed by atoms with Crippen molar-refractivity contribution in [2.75, 3.05) is 5.73 Å². The molecule has 0 radical (unpaired) electrons. The van der Waals surface area contributed by atoms with Crippen LogP contribution in [0.15, 0.2) is 23.6 Å². The molecule has 62 valence electrons. The summed E-state index contributed by atoms with van der Waals surface area (Å²) in [6, 6.07) is 0. The van der Waals surface area contributed by atoms with Crippen molar-refractivity contribution in [1.29, 1.82) is 0 Å². The molecule has 0 bridgehead atoms. The van der Waals surface area contributed by atoms with E-state index in [1.165, 1.54) is 16.9 Å². The third kappa shape index (κ3) is 1.41. The van der Waals surface area contributed by atoms with E-state index >= 15 is 0 Å². The van der Waals surface area contributed by atoms with Crippen molar-refractivity contribution in [3.63, 3.8) is 0 Å². The van der Waals surface area contributed by atoms with Gasteiger partial charge in [0.05, 0.1) is 5.69 Å². The SMILES string of the molecule is Nc1nc(C2=CC=CCC2)cs1. The van der Waals surface area contributed by atoms with Crippen LogP contribution in [0.2, 0.25) is 0 Å². The third-order valence-corrected chi connectivity index (χ3v) is 2.54. The van der Waals surface area contributed by atoms with Crippen LogP contribution in [0.1, 0.15) is 18.5 Å². The molecule has 0 saturated heterocycles. The highest BCUT2D eigenvalue weighted by molar-refractivity contribution is 7.13. The monoisotopic (exact) mass is 178 g/mol. The molecule has 1 heterocycles. The second-order valence-electron chi connectivity index (χ2n) is 2.73. The highest BCUT2D eigenvalue weighted by Gasteiger charge is 2.05. The van der Waals surface area contributed by atoms with E-state index in [0.29, 0.717) is 5.13 Å². The first kappa shape index (κ1) is 7.55. The number of hydrogen-bond acceptors (Lipinski definition) is 3. The smallest absolute Gasteiger partial charge is 0.180 e. The van der Waals surface area contributed by atoms with Crippen molar-refractivity contribution >= 4 is 22.0 Å². The molecule has 0 aliphatic heterocycles. The van der Waals surface area contributed by atoms with Crippen LogP contribution >= 0.6 is 11.3 Å². The number of nitrogen functional groups attached to an aromatic ring is 1. The van der Waals surface area contributed by atoms with Gasteiger partial charge in [0.2, 0.25) is 0 Å². The first-order chi connectivity index (χ1) is 5.86. The first-order valence-corrected chi connectivity index (χ1v) is 4.81. The molecule has 0 spiro atoms. The Kier molecular flexibility index (Phi) is 1.96. The zero-order valence-corrected chi connectivity index (χ0v) is 7.47. The van der Waals surface area contributed by atoms with Gasteiger partial charge in [-0.1, -0.05) is 18.2 Å². The molecule has 0 atom stereocenters. The Hall–Kier alpha value is -1.09. The van der Waals surface area contributed by atoms with Gasteiger partial charge in [-0.15, -0.1) is 11.3 Å². The van der Waals surface area contributed by atoms with Crippen molar-refractivity contribution in [2.45, 2.75) is 12.8 Å². The van der Waals surface area contributed by atoms with Crippen LogP contribution in [0, 0.1) is 0 Å². The molecule has 0 aromatic carbocycles. The van der Waals surface area contributed by atoms with Gasteiger partial charge in [0.1, 0.15) is 0 Å². The predicted octanol–water partition coefficient (Wildman–Crippen LogP) is 2.46. The molecule has 1 aromatic rings. The Morgan fingerprint density at radius 1 is 1.50 bits per heavy atom. The second-order valence-corrected chi connectivity index (χ2v) is 3.62. The highest BCUT2D eigenvalue weighted by Crippen LogP contribution is 2.25. The summed E-state index contributed by atoms with van der Waals surface area (Å²) in [4.78, 5) is 4.23. The van der Waals surface area contributed by atoms with Crippen LogP contribution in [0.25, 0.3) is 5.57 Å². The molecule has 2 rings (SSSR count). The van der Waals surface area contributed by atoms with Crippen LogP contribution in [0.5, 0.6) is 0 Å². The van der Waals surface area contributed by atoms with E-state index in [1.807, 2.05) is 5.38 Å². The molecule has 3 heteroatoms. The highest BCUT2D eigenvalue weighted by atomic mass is 32.1. The fourth-order valence-electron chi connectivity index (χ4n) is 1.25.